The summed E-state index contributed by atoms with van der Waals surface area (Å²) in [7, 11) is 1.72. The molecule has 3 nitrogen and oxygen atoms in total. The van der Waals surface area contributed by atoms with Gasteiger partial charge in [0.05, 0.1) is 25.4 Å². The van der Waals surface area contributed by atoms with Crippen LogP contribution in [0.1, 0.15) is 36.9 Å². The molecular formula is C16H25NO2. The van der Waals surface area contributed by atoms with Gasteiger partial charge in [-0.1, -0.05) is 31.2 Å². The van der Waals surface area contributed by atoms with Crippen LogP contribution < -0.4 is 5.32 Å². The van der Waals surface area contributed by atoms with Crippen molar-refractivity contribution < 1.29 is 9.47 Å². The Bertz CT molecular complexity index is 381. The van der Waals surface area contributed by atoms with Crippen molar-refractivity contribution in [3.05, 3.63) is 35.4 Å². The van der Waals surface area contributed by atoms with Crippen molar-refractivity contribution >= 4 is 0 Å². The molecule has 1 aliphatic rings. The lowest BCUT2D eigenvalue weighted by molar-refractivity contribution is -0.00583. The molecule has 0 bridgehead atoms. The highest BCUT2D eigenvalue weighted by Gasteiger charge is 2.27. The quantitative estimate of drug-likeness (QED) is 0.632. The number of hydrogen-bond acceptors (Lipinski definition) is 3. The second-order valence-electron chi connectivity index (χ2n) is 5.03. The number of methoxy groups -OCH3 is 1. The number of hydrogen-bond donors (Lipinski definition) is 1. The molecule has 106 valence electrons. The van der Waals surface area contributed by atoms with Crippen molar-refractivity contribution in [1.82, 2.24) is 5.32 Å². The van der Waals surface area contributed by atoms with Crippen LogP contribution in [0.15, 0.2) is 24.3 Å². The Balaban J connectivity index is 2.14. The molecule has 1 aromatic rings. The molecule has 0 aliphatic heterocycles. The zero-order chi connectivity index (χ0) is 13.5. The van der Waals surface area contributed by atoms with Crippen molar-refractivity contribution in [3.8, 4) is 0 Å². The van der Waals surface area contributed by atoms with Crippen LogP contribution in [0.4, 0.5) is 0 Å². The van der Waals surface area contributed by atoms with Crippen LogP contribution >= 0.6 is 0 Å². The fourth-order valence-corrected chi connectivity index (χ4v) is 2.85. The lowest BCUT2D eigenvalue weighted by Crippen LogP contribution is -2.34. The van der Waals surface area contributed by atoms with Crippen LogP contribution in [-0.2, 0) is 15.9 Å². The van der Waals surface area contributed by atoms with Gasteiger partial charge in [0.2, 0.25) is 0 Å². The van der Waals surface area contributed by atoms with Gasteiger partial charge < -0.3 is 14.8 Å². The van der Waals surface area contributed by atoms with Crippen LogP contribution in [0.5, 0.6) is 0 Å². The number of nitrogens with one attached hydrogen (secondary N) is 1. The molecule has 3 heteroatoms. The molecule has 0 spiro atoms. The highest BCUT2D eigenvalue weighted by molar-refractivity contribution is 5.32. The summed E-state index contributed by atoms with van der Waals surface area (Å²) in [6.45, 7) is 4.45. The van der Waals surface area contributed by atoms with Crippen LogP contribution in [-0.4, -0.2) is 33.0 Å². The SMILES string of the molecule is CCNC1c2ccccc2CCCC1OCCOC. The standard InChI is InChI=1S/C16H25NO2/c1-3-17-16-14-9-5-4-7-13(14)8-6-10-15(16)19-12-11-18-2/h4-5,7,9,15-17H,3,6,8,10-12H2,1-2H3. The minimum absolute atomic E-state index is 0.249. The molecule has 2 unspecified atom stereocenters. The lowest BCUT2D eigenvalue weighted by Gasteiger charge is -2.27. The highest BCUT2D eigenvalue weighted by atomic mass is 16.5. The van der Waals surface area contributed by atoms with E-state index in [2.05, 4.69) is 36.5 Å². The Morgan fingerprint density at radius 1 is 1.26 bits per heavy atom. The van der Waals surface area contributed by atoms with Gasteiger partial charge in [-0.15, -0.1) is 0 Å². The Labute approximate surface area is 116 Å². The molecule has 1 aromatic carbocycles. The average Bonchev–Trinajstić information content (AvgIpc) is 2.60. The summed E-state index contributed by atoms with van der Waals surface area (Å²) >= 11 is 0. The third-order valence-electron chi connectivity index (χ3n) is 3.74. The predicted octanol–water partition coefficient (Wildman–Crippen LogP) is 2.71. The summed E-state index contributed by atoms with van der Waals surface area (Å²) in [5, 5.41) is 3.59. The Morgan fingerprint density at radius 2 is 2.11 bits per heavy atom. The number of ether oxygens (including phenoxy) is 2. The number of benzene rings is 1. The number of rotatable bonds is 6. The smallest absolute Gasteiger partial charge is 0.0771 e. The normalized spacial score (nSPS) is 22.8. The molecule has 0 aromatic heterocycles. The third-order valence-corrected chi connectivity index (χ3v) is 3.74. The van der Waals surface area contributed by atoms with Crippen molar-refractivity contribution in [1.29, 1.82) is 0 Å². The zero-order valence-corrected chi connectivity index (χ0v) is 12.0. The topological polar surface area (TPSA) is 30.5 Å². The van der Waals surface area contributed by atoms with E-state index in [9.17, 15) is 0 Å². The van der Waals surface area contributed by atoms with Gasteiger partial charge in [-0.2, -0.15) is 0 Å². The first-order valence-corrected chi connectivity index (χ1v) is 7.28. The second-order valence-corrected chi connectivity index (χ2v) is 5.03. The summed E-state index contributed by atoms with van der Waals surface area (Å²) in [4.78, 5) is 0. The predicted molar refractivity (Wildman–Crippen MR) is 77.4 cm³/mol. The van der Waals surface area contributed by atoms with E-state index in [4.69, 9.17) is 9.47 Å². The molecule has 0 saturated carbocycles. The Kier molecular flexibility index (Phi) is 5.83. The molecule has 0 heterocycles. The summed E-state index contributed by atoms with van der Waals surface area (Å²) in [6.07, 6.45) is 3.70. The first-order chi connectivity index (χ1) is 9.36. The largest absolute Gasteiger partial charge is 0.382 e. The number of aryl methyl sites for hydroxylation is 1. The second kappa shape index (κ2) is 7.63. The van der Waals surface area contributed by atoms with E-state index in [1.165, 1.54) is 17.5 Å². The molecule has 2 rings (SSSR count). The summed E-state index contributed by atoms with van der Waals surface area (Å²) in [5.41, 5.74) is 2.87. The lowest BCUT2D eigenvalue weighted by atomic mass is 9.97. The van der Waals surface area contributed by atoms with Crippen molar-refractivity contribution in [2.75, 3.05) is 26.9 Å². The Hall–Kier alpha value is -0.900. The molecule has 1 N–H and O–H groups in total. The molecule has 0 fully saturated rings. The van der Waals surface area contributed by atoms with E-state index in [-0.39, 0.29) is 6.10 Å². The van der Waals surface area contributed by atoms with Gasteiger partial charge in [-0.05, 0) is 36.9 Å². The van der Waals surface area contributed by atoms with Gasteiger partial charge in [0.25, 0.3) is 0 Å². The van der Waals surface area contributed by atoms with Crippen LogP contribution in [0.2, 0.25) is 0 Å². The van der Waals surface area contributed by atoms with Gasteiger partial charge >= 0.3 is 0 Å². The Morgan fingerprint density at radius 3 is 2.89 bits per heavy atom. The van der Waals surface area contributed by atoms with E-state index in [0.29, 0.717) is 19.3 Å². The zero-order valence-electron chi connectivity index (χ0n) is 12.0. The molecular weight excluding hydrogens is 238 g/mol. The van der Waals surface area contributed by atoms with Crippen LogP contribution in [0, 0.1) is 0 Å². The molecule has 0 amide bonds. The average molecular weight is 263 g/mol. The summed E-state index contributed by atoms with van der Waals surface area (Å²) in [6, 6.07) is 9.05. The van der Waals surface area contributed by atoms with Gasteiger partial charge in [0.15, 0.2) is 0 Å². The first-order valence-electron chi connectivity index (χ1n) is 7.28. The van der Waals surface area contributed by atoms with E-state index in [1.54, 1.807) is 7.11 Å². The van der Waals surface area contributed by atoms with Crippen molar-refractivity contribution in [2.24, 2.45) is 0 Å². The fraction of sp³-hybridized carbons (Fsp3) is 0.625. The minimum Gasteiger partial charge on any atom is -0.382 e. The van der Waals surface area contributed by atoms with Gasteiger partial charge in [0.1, 0.15) is 0 Å². The molecule has 2 atom stereocenters. The maximum atomic E-state index is 6.04. The molecule has 1 aliphatic carbocycles. The number of likely N-dealkylation sites (N-methyl/N-ethyl adjacent to an activating group) is 1. The summed E-state index contributed by atoms with van der Waals surface area (Å²) < 4.78 is 11.1. The molecule has 19 heavy (non-hydrogen) atoms. The number of fused-ring (bicyclic) bond motifs is 1. The molecule has 0 radical (unpaired) electrons. The van der Waals surface area contributed by atoms with E-state index in [1.807, 2.05) is 0 Å². The highest BCUT2D eigenvalue weighted by Crippen LogP contribution is 2.30. The van der Waals surface area contributed by atoms with Gasteiger partial charge in [-0.3, -0.25) is 0 Å². The summed E-state index contributed by atoms with van der Waals surface area (Å²) in [5.74, 6) is 0. The van der Waals surface area contributed by atoms with Crippen molar-refractivity contribution in [2.45, 2.75) is 38.3 Å². The van der Waals surface area contributed by atoms with Gasteiger partial charge in [-0.25, -0.2) is 0 Å². The van der Waals surface area contributed by atoms with Crippen molar-refractivity contribution in [3.63, 3.8) is 0 Å². The third kappa shape index (κ3) is 3.78. The van der Waals surface area contributed by atoms with E-state index < -0.39 is 0 Å². The maximum Gasteiger partial charge on any atom is 0.0771 e. The van der Waals surface area contributed by atoms with E-state index >= 15 is 0 Å². The minimum atomic E-state index is 0.249. The fourth-order valence-electron chi connectivity index (χ4n) is 2.85. The first kappa shape index (κ1) is 14.5. The monoisotopic (exact) mass is 263 g/mol. The van der Waals surface area contributed by atoms with Crippen LogP contribution in [0.3, 0.4) is 0 Å². The van der Waals surface area contributed by atoms with E-state index in [0.717, 1.165) is 19.4 Å². The maximum absolute atomic E-state index is 6.04. The van der Waals surface area contributed by atoms with Crippen LogP contribution in [0.25, 0.3) is 0 Å². The van der Waals surface area contributed by atoms with Gasteiger partial charge in [0, 0.05) is 7.11 Å². The molecule has 0 saturated heterocycles.